The Balaban J connectivity index is 1.21. The quantitative estimate of drug-likeness (QED) is 0.132. The van der Waals surface area contributed by atoms with E-state index in [2.05, 4.69) is 87.5 Å². The summed E-state index contributed by atoms with van der Waals surface area (Å²) >= 11 is 0. The highest BCUT2D eigenvalue weighted by Crippen LogP contribution is 2.41. The van der Waals surface area contributed by atoms with Crippen molar-refractivity contribution in [2.24, 2.45) is 4.99 Å². The van der Waals surface area contributed by atoms with Gasteiger partial charge in [0.1, 0.15) is 22.5 Å². The molecule has 0 fully saturated rings. The van der Waals surface area contributed by atoms with E-state index in [-0.39, 0.29) is 6.04 Å². The first-order chi connectivity index (χ1) is 27.1. The van der Waals surface area contributed by atoms with Crippen molar-refractivity contribution in [1.82, 2.24) is 15.0 Å². The average molecular weight is 717 g/mol. The van der Waals surface area contributed by atoms with Crippen LogP contribution in [0.25, 0.3) is 78.2 Å². The summed E-state index contributed by atoms with van der Waals surface area (Å²) in [5.41, 5.74) is 10.3. The SMILES string of the molecule is CCCCC(C)N=C(c1ccccc1)c1oc2cccc(-c3ccc4oc5cccc(-c6nc(-c7ccccc7)nc(-c7ccccc7)n6)c5c4c3)c2c1C. The summed E-state index contributed by atoms with van der Waals surface area (Å²) in [6.45, 7) is 6.57. The van der Waals surface area contributed by atoms with Gasteiger partial charge < -0.3 is 8.83 Å². The van der Waals surface area contributed by atoms with Crippen molar-refractivity contribution in [2.45, 2.75) is 46.1 Å². The predicted octanol–water partition coefficient (Wildman–Crippen LogP) is 12.9. The van der Waals surface area contributed by atoms with Crippen molar-refractivity contribution >= 4 is 38.6 Å². The molecular weight excluding hydrogens is 677 g/mol. The molecule has 0 bridgehead atoms. The van der Waals surface area contributed by atoms with Crippen LogP contribution in [0.1, 0.15) is 50.0 Å². The van der Waals surface area contributed by atoms with Crippen molar-refractivity contribution in [2.75, 3.05) is 0 Å². The van der Waals surface area contributed by atoms with Crippen LogP contribution in [-0.2, 0) is 0 Å². The number of aliphatic imine (C=N–C) groups is 1. The first kappa shape index (κ1) is 34.1. The van der Waals surface area contributed by atoms with E-state index >= 15 is 0 Å². The van der Waals surface area contributed by atoms with Crippen LogP contribution in [0.15, 0.2) is 159 Å². The second-order valence-corrected chi connectivity index (χ2v) is 14.1. The van der Waals surface area contributed by atoms with Crippen molar-refractivity contribution in [1.29, 1.82) is 0 Å². The van der Waals surface area contributed by atoms with E-state index in [9.17, 15) is 0 Å². The molecule has 3 heterocycles. The number of furan rings is 2. The molecule has 1 atom stereocenters. The molecule has 3 aromatic heterocycles. The molecule has 9 rings (SSSR count). The molecule has 6 heteroatoms. The number of aromatic nitrogens is 3. The molecule has 0 N–H and O–H groups in total. The number of unbranched alkanes of at least 4 members (excludes halogenated alkanes) is 1. The Bertz CT molecular complexity index is 2760. The van der Waals surface area contributed by atoms with Gasteiger partial charge in [-0.1, -0.05) is 141 Å². The molecule has 0 aliphatic heterocycles. The molecule has 55 heavy (non-hydrogen) atoms. The zero-order valence-corrected chi connectivity index (χ0v) is 31.2. The number of hydrogen-bond acceptors (Lipinski definition) is 6. The molecule has 6 aromatic carbocycles. The van der Waals surface area contributed by atoms with E-state index in [1.54, 1.807) is 0 Å². The van der Waals surface area contributed by atoms with Gasteiger partial charge in [-0.25, -0.2) is 15.0 Å². The van der Waals surface area contributed by atoms with E-state index in [1.165, 1.54) is 0 Å². The Kier molecular flexibility index (Phi) is 9.08. The van der Waals surface area contributed by atoms with Crippen LogP contribution in [0.4, 0.5) is 0 Å². The zero-order chi connectivity index (χ0) is 37.3. The molecule has 0 aliphatic rings. The first-order valence-electron chi connectivity index (χ1n) is 19.0. The van der Waals surface area contributed by atoms with Gasteiger partial charge in [0.2, 0.25) is 0 Å². The van der Waals surface area contributed by atoms with Crippen LogP contribution in [0, 0.1) is 6.92 Å². The second kappa shape index (κ2) is 14.6. The van der Waals surface area contributed by atoms with Gasteiger partial charge in [-0.3, -0.25) is 4.99 Å². The largest absolute Gasteiger partial charge is 0.456 e. The Morgan fingerprint density at radius 2 is 1.18 bits per heavy atom. The second-order valence-electron chi connectivity index (χ2n) is 14.1. The maximum atomic E-state index is 6.73. The zero-order valence-electron chi connectivity index (χ0n) is 31.2. The Hall–Kier alpha value is -6.66. The van der Waals surface area contributed by atoms with E-state index in [1.807, 2.05) is 78.9 Å². The minimum Gasteiger partial charge on any atom is -0.456 e. The van der Waals surface area contributed by atoms with Gasteiger partial charge in [-0.05, 0) is 55.7 Å². The van der Waals surface area contributed by atoms with Gasteiger partial charge in [0.15, 0.2) is 23.2 Å². The molecule has 0 amide bonds. The third-order valence-electron chi connectivity index (χ3n) is 10.3. The van der Waals surface area contributed by atoms with Crippen LogP contribution in [-0.4, -0.2) is 26.7 Å². The predicted molar refractivity (Wildman–Crippen MR) is 224 cm³/mol. The lowest BCUT2D eigenvalue weighted by atomic mass is 9.95. The van der Waals surface area contributed by atoms with Gasteiger partial charge in [0, 0.05) is 50.0 Å². The number of fused-ring (bicyclic) bond motifs is 4. The van der Waals surface area contributed by atoms with E-state index in [0.29, 0.717) is 17.5 Å². The Labute approximate surface area is 320 Å². The molecule has 9 aromatic rings. The van der Waals surface area contributed by atoms with E-state index in [0.717, 1.165) is 103 Å². The molecule has 0 aliphatic carbocycles. The van der Waals surface area contributed by atoms with E-state index < -0.39 is 0 Å². The van der Waals surface area contributed by atoms with Crippen LogP contribution < -0.4 is 0 Å². The summed E-state index contributed by atoms with van der Waals surface area (Å²) < 4.78 is 13.2. The molecule has 0 radical (unpaired) electrons. The Morgan fingerprint density at radius 1 is 0.582 bits per heavy atom. The fourth-order valence-corrected chi connectivity index (χ4v) is 7.52. The van der Waals surface area contributed by atoms with Gasteiger partial charge in [0.25, 0.3) is 0 Å². The smallest absolute Gasteiger partial charge is 0.164 e. The van der Waals surface area contributed by atoms with E-state index in [4.69, 9.17) is 28.8 Å². The fraction of sp³-hybridized carbons (Fsp3) is 0.143. The monoisotopic (exact) mass is 716 g/mol. The van der Waals surface area contributed by atoms with Crippen LogP contribution in [0.5, 0.6) is 0 Å². The summed E-state index contributed by atoms with van der Waals surface area (Å²) in [7, 11) is 0. The third kappa shape index (κ3) is 6.50. The van der Waals surface area contributed by atoms with Crippen molar-refractivity contribution < 1.29 is 8.83 Å². The summed E-state index contributed by atoms with van der Waals surface area (Å²) in [5, 5.41) is 3.02. The number of nitrogens with zero attached hydrogens (tertiary/aromatic N) is 4. The van der Waals surface area contributed by atoms with Gasteiger partial charge in [-0.2, -0.15) is 0 Å². The fourth-order valence-electron chi connectivity index (χ4n) is 7.52. The topological polar surface area (TPSA) is 77.3 Å². The summed E-state index contributed by atoms with van der Waals surface area (Å²) in [5.74, 6) is 2.63. The summed E-state index contributed by atoms with van der Waals surface area (Å²) in [6.07, 6.45) is 3.31. The van der Waals surface area contributed by atoms with Gasteiger partial charge >= 0.3 is 0 Å². The lowest BCUT2D eigenvalue weighted by Crippen LogP contribution is -2.09. The highest BCUT2D eigenvalue weighted by atomic mass is 16.3. The van der Waals surface area contributed by atoms with Crippen molar-refractivity contribution in [3.8, 4) is 45.3 Å². The molecular formula is C49H40N4O2. The number of rotatable bonds is 10. The minimum absolute atomic E-state index is 0.171. The van der Waals surface area contributed by atoms with Crippen LogP contribution in [0.2, 0.25) is 0 Å². The molecule has 1 unspecified atom stereocenters. The number of benzene rings is 6. The highest BCUT2D eigenvalue weighted by molar-refractivity contribution is 6.16. The normalized spacial score (nSPS) is 12.5. The maximum absolute atomic E-state index is 6.73. The molecule has 268 valence electrons. The van der Waals surface area contributed by atoms with Crippen LogP contribution >= 0.6 is 0 Å². The molecule has 0 saturated heterocycles. The average Bonchev–Trinajstić information content (AvgIpc) is 3.79. The molecule has 6 nitrogen and oxygen atoms in total. The molecule has 0 spiro atoms. The van der Waals surface area contributed by atoms with Gasteiger partial charge in [-0.15, -0.1) is 0 Å². The standard InChI is InChI=1S/C49H40N4O2/c1-4-5-17-31(2)50-45(33-18-9-6-10-19-33)46-32(3)43-37(24-15-26-41(43)55-46)36-28-29-40-39(30-36)44-38(25-16-27-42(44)54-40)49-52-47(34-20-11-7-12-21-34)51-48(53-49)35-22-13-8-14-23-35/h6-16,18-31H,4-5,17H2,1-3H3. The number of aryl methyl sites for hydroxylation is 1. The third-order valence-corrected chi connectivity index (χ3v) is 10.3. The molecule has 0 saturated carbocycles. The summed E-state index contributed by atoms with van der Waals surface area (Å²) in [4.78, 5) is 20.3. The highest BCUT2D eigenvalue weighted by Gasteiger charge is 2.23. The van der Waals surface area contributed by atoms with Gasteiger partial charge in [0.05, 0.1) is 0 Å². The lowest BCUT2D eigenvalue weighted by molar-refractivity contribution is 0.592. The van der Waals surface area contributed by atoms with Crippen molar-refractivity contribution in [3.05, 3.63) is 162 Å². The summed E-state index contributed by atoms with van der Waals surface area (Å²) in [6, 6.07) is 49.5. The lowest BCUT2D eigenvalue weighted by Gasteiger charge is -2.11. The maximum Gasteiger partial charge on any atom is 0.164 e. The van der Waals surface area contributed by atoms with Crippen LogP contribution in [0.3, 0.4) is 0 Å². The Morgan fingerprint density at radius 3 is 1.84 bits per heavy atom. The minimum atomic E-state index is 0.171. The van der Waals surface area contributed by atoms with Crippen molar-refractivity contribution in [3.63, 3.8) is 0 Å². The number of hydrogen-bond donors (Lipinski definition) is 0. The first-order valence-corrected chi connectivity index (χ1v) is 19.0.